The third-order valence-corrected chi connectivity index (χ3v) is 3.83. The number of methoxy groups -OCH3 is 2. The van der Waals surface area contributed by atoms with Gasteiger partial charge in [0.15, 0.2) is 0 Å². The summed E-state index contributed by atoms with van der Waals surface area (Å²) in [4.78, 5) is 13.9. The minimum Gasteiger partial charge on any atom is -0.497 e. The van der Waals surface area contributed by atoms with Crippen molar-refractivity contribution in [2.75, 3.05) is 33.1 Å². The molecule has 2 aromatic carbocycles. The van der Waals surface area contributed by atoms with Crippen molar-refractivity contribution in [3.8, 4) is 11.5 Å². The molecule has 0 spiro atoms. The van der Waals surface area contributed by atoms with Crippen LogP contribution in [0.2, 0.25) is 0 Å². The summed E-state index contributed by atoms with van der Waals surface area (Å²) in [6.07, 6.45) is -4.36. The molecule has 1 N–H and O–H groups in total. The van der Waals surface area contributed by atoms with Crippen molar-refractivity contribution in [1.82, 2.24) is 4.90 Å². The predicted octanol–water partition coefficient (Wildman–Crippen LogP) is 3.79. The van der Waals surface area contributed by atoms with E-state index in [0.717, 1.165) is 12.1 Å². The summed E-state index contributed by atoms with van der Waals surface area (Å²) in [5, 5.41) is 2.75. The van der Waals surface area contributed by atoms with Crippen LogP contribution in [0.1, 0.15) is 11.1 Å². The molecule has 146 valence electrons. The van der Waals surface area contributed by atoms with Gasteiger partial charge in [-0.15, -0.1) is 0 Å². The molecule has 0 saturated heterocycles. The van der Waals surface area contributed by atoms with E-state index in [9.17, 15) is 18.0 Å². The van der Waals surface area contributed by atoms with Gasteiger partial charge < -0.3 is 14.8 Å². The first-order valence-corrected chi connectivity index (χ1v) is 8.09. The largest absolute Gasteiger partial charge is 0.497 e. The predicted molar refractivity (Wildman–Crippen MR) is 96.0 cm³/mol. The Morgan fingerprint density at radius 3 is 2.30 bits per heavy atom. The Morgan fingerprint density at radius 1 is 1.07 bits per heavy atom. The number of carbonyl (C=O) groups excluding carboxylic acids is 1. The van der Waals surface area contributed by atoms with E-state index in [0.29, 0.717) is 29.3 Å². The van der Waals surface area contributed by atoms with Crippen LogP contribution in [0.25, 0.3) is 0 Å². The monoisotopic (exact) mass is 382 g/mol. The lowest BCUT2D eigenvalue weighted by molar-refractivity contribution is -0.137. The second-order valence-corrected chi connectivity index (χ2v) is 5.98. The number of nitrogens with one attached hydrogen (secondary N) is 1. The average molecular weight is 382 g/mol. The van der Waals surface area contributed by atoms with Crippen LogP contribution < -0.4 is 14.8 Å². The Hall–Kier alpha value is -2.74. The van der Waals surface area contributed by atoms with Crippen molar-refractivity contribution < 1.29 is 27.4 Å². The molecule has 0 bridgehead atoms. The van der Waals surface area contributed by atoms with Gasteiger partial charge in [-0.2, -0.15) is 13.2 Å². The van der Waals surface area contributed by atoms with E-state index in [2.05, 4.69) is 5.32 Å². The number of likely N-dealkylation sites (N-methyl/N-ethyl adjacent to an activating group) is 1. The molecule has 2 aromatic rings. The fourth-order valence-corrected chi connectivity index (χ4v) is 2.50. The van der Waals surface area contributed by atoms with E-state index in [-0.39, 0.29) is 12.5 Å². The van der Waals surface area contributed by atoms with Crippen molar-refractivity contribution in [3.05, 3.63) is 53.6 Å². The molecular weight excluding hydrogens is 361 g/mol. The molecule has 0 aliphatic heterocycles. The van der Waals surface area contributed by atoms with Gasteiger partial charge in [0.1, 0.15) is 11.5 Å². The molecule has 0 atom stereocenters. The molecule has 2 rings (SSSR count). The number of ether oxygens (including phenoxy) is 2. The highest BCUT2D eigenvalue weighted by Crippen LogP contribution is 2.30. The lowest BCUT2D eigenvalue weighted by atomic mass is 10.1. The van der Waals surface area contributed by atoms with Crippen molar-refractivity contribution in [3.63, 3.8) is 0 Å². The zero-order valence-electron chi connectivity index (χ0n) is 15.3. The van der Waals surface area contributed by atoms with Gasteiger partial charge in [-0.25, -0.2) is 0 Å². The fourth-order valence-electron chi connectivity index (χ4n) is 2.50. The zero-order valence-corrected chi connectivity index (χ0v) is 15.3. The van der Waals surface area contributed by atoms with Crippen molar-refractivity contribution >= 4 is 11.6 Å². The minimum atomic E-state index is -4.36. The number of alkyl halides is 3. The first-order valence-electron chi connectivity index (χ1n) is 8.09. The molecule has 0 heterocycles. The van der Waals surface area contributed by atoms with Crippen LogP contribution in [-0.2, 0) is 17.5 Å². The maximum atomic E-state index is 12.6. The number of hydrogen-bond acceptors (Lipinski definition) is 4. The number of benzene rings is 2. The molecule has 0 unspecified atom stereocenters. The van der Waals surface area contributed by atoms with Gasteiger partial charge in [-0.3, -0.25) is 9.69 Å². The van der Waals surface area contributed by atoms with Crippen LogP contribution in [0, 0.1) is 0 Å². The smallest absolute Gasteiger partial charge is 0.416 e. The molecule has 5 nitrogen and oxygen atoms in total. The molecule has 0 fully saturated rings. The SMILES string of the molecule is COc1ccc(NC(=O)CN(C)Cc2ccc(C(F)(F)F)cc2)c(OC)c1. The summed E-state index contributed by atoms with van der Waals surface area (Å²) in [6, 6.07) is 9.90. The first kappa shape index (κ1) is 20.6. The second-order valence-electron chi connectivity index (χ2n) is 5.98. The number of halogens is 3. The van der Waals surface area contributed by atoms with E-state index in [4.69, 9.17) is 9.47 Å². The maximum absolute atomic E-state index is 12.6. The topological polar surface area (TPSA) is 50.8 Å². The summed E-state index contributed by atoms with van der Waals surface area (Å²) in [5.74, 6) is 0.797. The average Bonchev–Trinajstić information content (AvgIpc) is 2.61. The lowest BCUT2D eigenvalue weighted by Gasteiger charge is -2.18. The number of nitrogens with zero attached hydrogens (tertiary/aromatic N) is 1. The third kappa shape index (κ3) is 5.89. The number of amides is 1. The van der Waals surface area contributed by atoms with Gasteiger partial charge in [0.05, 0.1) is 32.0 Å². The Morgan fingerprint density at radius 2 is 1.74 bits per heavy atom. The van der Waals surface area contributed by atoms with E-state index >= 15 is 0 Å². The first-order chi connectivity index (χ1) is 12.7. The number of anilines is 1. The maximum Gasteiger partial charge on any atom is 0.416 e. The van der Waals surface area contributed by atoms with Crippen molar-refractivity contribution in [1.29, 1.82) is 0 Å². The van der Waals surface area contributed by atoms with Gasteiger partial charge in [-0.05, 0) is 36.9 Å². The Labute approximate surface area is 155 Å². The molecule has 0 aliphatic carbocycles. The molecule has 0 aromatic heterocycles. The lowest BCUT2D eigenvalue weighted by Crippen LogP contribution is -2.30. The standard InChI is InChI=1S/C19H21F3N2O3/c1-24(11-13-4-6-14(7-5-13)19(20,21)22)12-18(25)23-16-9-8-15(26-2)10-17(16)27-3/h4-10H,11-12H2,1-3H3,(H,23,25). The van der Waals surface area contributed by atoms with Gasteiger partial charge in [0, 0.05) is 12.6 Å². The van der Waals surface area contributed by atoms with Crippen molar-refractivity contribution in [2.45, 2.75) is 12.7 Å². The van der Waals surface area contributed by atoms with Crippen molar-refractivity contribution in [2.24, 2.45) is 0 Å². The quantitative estimate of drug-likeness (QED) is 0.792. The normalized spacial score (nSPS) is 11.4. The minimum absolute atomic E-state index is 0.0657. The molecular formula is C19H21F3N2O3. The van der Waals surface area contributed by atoms with Gasteiger partial charge in [0.2, 0.25) is 5.91 Å². The Bertz CT molecular complexity index is 777. The van der Waals surface area contributed by atoms with Gasteiger partial charge in [0.25, 0.3) is 0 Å². The van der Waals surface area contributed by atoms with Crippen LogP contribution >= 0.6 is 0 Å². The highest BCUT2D eigenvalue weighted by molar-refractivity contribution is 5.93. The van der Waals surface area contributed by atoms with Gasteiger partial charge >= 0.3 is 6.18 Å². The molecule has 0 saturated carbocycles. The molecule has 1 amide bonds. The van der Waals surface area contributed by atoms with Crippen LogP contribution in [0.4, 0.5) is 18.9 Å². The molecule has 27 heavy (non-hydrogen) atoms. The van der Waals surface area contributed by atoms with E-state index in [1.165, 1.54) is 26.4 Å². The Balaban J connectivity index is 1.94. The van der Waals surface area contributed by atoms with E-state index in [1.54, 1.807) is 30.1 Å². The van der Waals surface area contributed by atoms with Gasteiger partial charge in [-0.1, -0.05) is 12.1 Å². The number of carbonyl (C=O) groups is 1. The van der Waals surface area contributed by atoms with Crippen LogP contribution in [0.5, 0.6) is 11.5 Å². The molecule has 0 radical (unpaired) electrons. The summed E-state index contributed by atoms with van der Waals surface area (Å²) >= 11 is 0. The number of hydrogen-bond donors (Lipinski definition) is 1. The van der Waals surface area contributed by atoms with Crippen LogP contribution in [0.15, 0.2) is 42.5 Å². The summed E-state index contributed by atoms with van der Waals surface area (Å²) in [6.45, 7) is 0.404. The molecule has 0 aliphatic rings. The summed E-state index contributed by atoms with van der Waals surface area (Å²) < 4.78 is 48.1. The van der Waals surface area contributed by atoms with Crippen LogP contribution in [-0.4, -0.2) is 38.6 Å². The highest BCUT2D eigenvalue weighted by Gasteiger charge is 2.29. The van der Waals surface area contributed by atoms with E-state index < -0.39 is 11.7 Å². The Kier molecular flexibility index (Phi) is 6.68. The zero-order chi connectivity index (χ0) is 20.0. The third-order valence-electron chi connectivity index (χ3n) is 3.83. The van der Waals surface area contributed by atoms with Crippen LogP contribution in [0.3, 0.4) is 0 Å². The highest BCUT2D eigenvalue weighted by atomic mass is 19.4. The fraction of sp³-hybridized carbons (Fsp3) is 0.316. The number of rotatable bonds is 7. The molecule has 8 heteroatoms. The summed E-state index contributed by atoms with van der Waals surface area (Å²) in [7, 11) is 4.73. The summed E-state index contributed by atoms with van der Waals surface area (Å²) in [5.41, 5.74) is 0.491. The second kappa shape index (κ2) is 8.77. The van der Waals surface area contributed by atoms with E-state index in [1.807, 2.05) is 0 Å².